The number of hydrogen-bond acceptors (Lipinski definition) is 8. The molecule has 0 aliphatic carbocycles. The molecule has 0 saturated carbocycles. The molecule has 3 heterocycles. The predicted octanol–water partition coefficient (Wildman–Crippen LogP) is 2.81. The molecule has 2 aromatic heterocycles. The Morgan fingerprint density at radius 3 is 2.58 bits per heavy atom. The van der Waals surface area contributed by atoms with Crippen molar-refractivity contribution >= 4 is 23.5 Å². The number of aromatic nitrogens is 2. The van der Waals surface area contributed by atoms with E-state index in [1.54, 1.807) is 12.1 Å². The molecule has 0 bridgehead atoms. The number of thioether (sulfide) groups is 1. The number of likely N-dealkylation sites (N-methyl/N-ethyl adjacent to an activating group) is 2. The number of carbonyl (C=O) groups is 1. The van der Waals surface area contributed by atoms with Crippen molar-refractivity contribution in [1.82, 2.24) is 25.1 Å². The molecule has 1 amide bonds. The van der Waals surface area contributed by atoms with Crippen molar-refractivity contribution in [2.75, 3.05) is 64.8 Å². The molecular formula is C21H29F3N6O2S. The van der Waals surface area contributed by atoms with Crippen LogP contribution in [-0.2, 0) is 11.9 Å². The minimum atomic E-state index is -4.57. The molecule has 12 heteroatoms. The second-order valence-corrected chi connectivity index (χ2v) is 8.87. The minimum absolute atomic E-state index is 0.0196. The molecular weight excluding hydrogens is 457 g/mol. The van der Waals surface area contributed by atoms with E-state index in [2.05, 4.69) is 27.1 Å². The lowest BCUT2D eigenvalue weighted by molar-refractivity contribution is -0.141. The van der Waals surface area contributed by atoms with Gasteiger partial charge in [0.1, 0.15) is 11.6 Å². The van der Waals surface area contributed by atoms with Crippen LogP contribution < -0.4 is 10.2 Å². The molecule has 182 valence electrons. The van der Waals surface area contributed by atoms with Crippen molar-refractivity contribution in [3.8, 4) is 0 Å². The van der Waals surface area contributed by atoms with Gasteiger partial charge in [0.05, 0.1) is 5.75 Å². The predicted molar refractivity (Wildman–Crippen MR) is 121 cm³/mol. The summed E-state index contributed by atoms with van der Waals surface area (Å²) in [5, 5.41) is 2.77. The number of nitrogens with one attached hydrogen (secondary N) is 1. The highest BCUT2D eigenvalue weighted by Gasteiger charge is 2.34. The van der Waals surface area contributed by atoms with Crippen molar-refractivity contribution < 1.29 is 22.4 Å². The average Bonchev–Trinajstić information content (AvgIpc) is 3.26. The summed E-state index contributed by atoms with van der Waals surface area (Å²) < 4.78 is 45.9. The van der Waals surface area contributed by atoms with E-state index >= 15 is 0 Å². The van der Waals surface area contributed by atoms with E-state index in [0.717, 1.165) is 37.5 Å². The van der Waals surface area contributed by atoms with Gasteiger partial charge < -0.3 is 24.4 Å². The molecule has 1 saturated heterocycles. The van der Waals surface area contributed by atoms with Crippen LogP contribution in [0.5, 0.6) is 0 Å². The number of amides is 1. The SMILES string of the molecule is CCN1CCN(c2cc(C(F)(F)F)nc(SCc3ccc(C(=O)NCCN(C)C)o3)n2)CC1. The Labute approximate surface area is 195 Å². The zero-order valence-corrected chi connectivity index (χ0v) is 19.8. The van der Waals surface area contributed by atoms with Crippen molar-refractivity contribution in [2.45, 2.75) is 24.0 Å². The highest BCUT2D eigenvalue weighted by atomic mass is 32.2. The third-order valence-corrected chi connectivity index (χ3v) is 6.07. The van der Waals surface area contributed by atoms with E-state index in [9.17, 15) is 18.0 Å². The Hall–Kier alpha value is -2.31. The van der Waals surface area contributed by atoms with Gasteiger partial charge in [-0.2, -0.15) is 13.2 Å². The van der Waals surface area contributed by atoms with Gasteiger partial charge in [0.2, 0.25) is 0 Å². The average molecular weight is 487 g/mol. The smallest absolute Gasteiger partial charge is 0.433 e. The highest BCUT2D eigenvalue weighted by molar-refractivity contribution is 7.98. The van der Waals surface area contributed by atoms with Crippen LogP contribution in [0.2, 0.25) is 0 Å². The third-order valence-electron chi connectivity index (χ3n) is 5.20. The van der Waals surface area contributed by atoms with Gasteiger partial charge in [-0.15, -0.1) is 0 Å². The van der Waals surface area contributed by atoms with E-state index in [0.29, 0.717) is 31.9 Å². The maximum atomic E-state index is 13.4. The first-order valence-electron chi connectivity index (χ1n) is 10.7. The van der Waals surface area contributed by atoms with Gasteiger partial charge in [-0.25, -0.2) is 9.97 Å². The molecule has 0 aromatic carbocycles. The Balaban J connectivity index is 1.67. The van der Waals surface area contributed by atoms with Crippen LogP contribution in [0.15, 0.2) is 27.8 Å². The Bertz CT molecular complexity index is 929. The van der Waals surface area contributed by atoms with Gasteiger partial charge in [0.25, 0.3) is 5.91 Å². The van der Waals surface area contributed by atoms with Crippen LogP contribution >= 0.6 is 11.8 Å². The normalized spacial score (nSPS) is 15.3. The zero-order chi connectivity index (χ0) is 24.0. The number of hydrogen-bond donors (Lipinski definition) is 1. The number of alkyl halides is 3. The molecule has 1 N–H and O–H groups in total. The van der Waals surface area contributed by atoms with Crippen molar-refractivity contribution in [3.05, 3.63) is 35.4 Å². The number of nitrogens with zero attached hydrogens (tertiary/aromatic N) is 5. The maximum Gasteiger partial charge on any atom is 0.433 e. The summed E-state index contributed by atoms with van der Waals surface area (Å²) >= 11 is 1.04. The van der Waals surface area contributed by atoms with Gasteiger partial charge >= 0.3 is 6.18 Å². The van der Waals surface area contributed by atoms with Gasteiger partial charge in [0.15, 0.2) is 16.6 Å². The standard InChI is InChI=1S/C21H29F3N6O2S/c1-4-29-9-11-30(12-10-29)18-13-17(21(22,23)24)26-20(27-18)33-14-15-5-6-16(32-15)19(31)25-7-8-28(2)3/h5-6,13H,4,7-12,14H2,1-3H3,(H,25,31). The van der Waals surface area contributed by atoms with E-state index < -0.39 is 11.9 Å². The van der Waals surface area contributed by atoms with Gasteiger partial charge in [0, 0.05) is 45.3 Å². The molecule has 0 radical (unpaired) electrons. The first kappa shape index (κ1) is 25.3. The minimum Gasteiger partial charge on any atom is -0.455 e. The quantitative estimate of drug-likeness (QED) is 0.428. The summed E-state index contributed by atoms with van der Waals surface area (Å²) in [6.45, 7) is 6.90. The number of carbonyl (C=O) groups excluding carboxylic acids is 1. The van der Waals surface area contributed by atoms with Gasteiger partial charge in [-0.1, -0.05) is 18.7 Å². The maximum absolute atomic E-state index is 13.4. The molecule has 2 aromatic rings. The summed E-state index contributed by atoms with van der Waals surface area (Å²) in [5.41, 5.74) is -0.965. The molecule has 1 fully saturated rings. The van der Waals surface area contributed by atoms with E-state index in [-0.39, 0.29) is 28.4 Å². The van der Waals surface area contributed by atoms with Crippen molar-refractivity contribution in [3.63, 3.8) is 0 Å². The first-order chi connectivity index (χ1) is 15.7. The lowest BCUT2D eigenvalue weighted by atomic mass is 10.3. The van der Waals surface area contributed by atoms with Crippen LogP contribution in [0.3, 0.4) is 0 Å². The van der Waals surface area contributed by atoms with Crippen LogP contribution in [-0.4, -0.2) is 85.6 Å². The summed E-state index contributed by atoms with van der Waals surface area (Å²) in [6, 6.07) is 4.19. The fourth-order valence-corrected chi connectivity index (χ4v) is 4.02. The van der Waals surface area contributed by atoms with E-state index in [1.807, 2.05) is 23.9 Å². The van der Waals surface area contributed by atoms with Crippen LogP contribution in [0, 0.1) is 0 Å². The van der Waals surface area contributed by atoms with Crippen LogP contribution in [0.25, 0.3) is 0 Å². The lowest BCUT2D eigenvalue weighted by Gasteiger charge is -2.35. The number of anilines is 1. The fourth-order valence-electron chi connectivity index (χ4n) is 3.27. The monoisotopic (exact) mass is 486 g/mol. The van der Waals surface area contributed by atoms with Crippen LogP contribution in [0.1, 0.15) is 28.9 Å². The fraction of sp³-hybridized carbons (Fsp3) is 0.571. The largest absolute Gasteiger partial charge is 0.455 e. The summed E-state index contributed by atoms with van der Waals surface area (Å²) in [5.74, 6) is 0.753. The second-order valence-electron chi connectivity index (χ2n) is 7.93. The Morgan fingerprint density at radius 1 is 1.21 bits per heavy atom. The molecule has 3 rings (SSSR count). The molecule has 1 aliphatic heterocycles. The van der Waals surface area contributed by atoms with E-state index in [1.165, 1.54) is 0 Å². The molecule has 8 nitrogen and oxygen atoms in total. The van der Waals surface area contributed by atoms with Gasteiger partial charge in [-0.3, -0.25) is 4.79 Å². The molecule has 0 spiro atoms. The molecule has 0 atom stereocenters. The van der Waals surface area contributed by atoms with Gasteiger partial charge in [-0.05, 0) is 32.8 Å². The molecule has 0 unspecified atom stereocenters. The summed E-state index contributed by atoms with van der Waals surface area (Å²) in [7, 11) is 3.81. The lowest BCUT2D eigenvalue weighted by Crippen LogP contribution is -2.46. The van der Waals surface area contributed by atoms with Crippen molar-refractivity contribution in [2.24, 2.45) is 0 Å². The third kappa shape index (κ3) is 7.34. The van der Waals surface area contributed by atoms with Crippen LogP contribution in [0.4, 0.5) is 19.0 Å². The highest BCUT2D eigenvalue weighted by Crippen LogP contribution is 2.32. The molecule has 33 heavy (non-hydrogen) atoms. The number of halogens is 3. The van der Waals surface area contributed by atoms with E-state index in [4.69, 9.17) is 4.42 Å². The number of piperazine rings is 1. The summed E-state index contributed by atoms with van der Waals surface area (Å²) in [4.78, 5) is 26.3. The topological polar surface area (TPSA) is 77.7 Å². The Kier molecular flexibility index (Phi) is 8.60. The number of rotatable bonds is 9. The number of furan rings is 1. The zero-order valence-electron chi connectivity index (χ0n) is 19.0. The first-order valence-corrected chi connectivity index (χ1v) is 11.7. The Morgan fingerprint density at radius 2 is 1.94 bits per heavy atom. The summed E-state index contributed by atoms with van der Waals surface area (Å²) in [6.07, 6.45) is -4.57. The second kappa shape index (κ2) is 11.2. The van der Waals surface area contributed by atoms with Crippen molar-refractivity contribution in [1.29, 1.82) is 0 Å². The molecule has 1 aliphatic rings.